The van der Waals surface area contributed by atoms with Crippen molar-refractivity contribution in [1.82, 2.24) is 9.97 Å². The van der Waals surface area contributed by atoms with Crippen molar-refractivity contribution in [2.75, 3.05) is 20.8 Å². The predicted octanol–water partition coefficient (Wildman–Crippen LogP) is 5.16. The predicted molar refractivity (Wildman–Crippen MR) is 121 cm³/mol. The summed E-state index contributed by atoms with van der Waals surface area (Å²) in [5, 5.41) is 1.34. The molecule has 0 N–H and O–H groups in total. The first-order valence-corrected chi connectivity index (χ1v) is 11.3. The standard InChI is InChI=1S/C22H24N2O5S2/c1-11(2)10-29-16-8-7-14(19-23-12(3)17(30-19)21(25)27-5)9-15(16)20-24-13(4)18(31-20)22(26)28-6/h7-9,11H,10H2,1-6H3. The Bertz CT molecular complexity index is 1120. The number of ether oxygens (including phenoxy) is 3. The second-order valence-electron chi connectivity index (χ2n) is 7.27. The minimum atomic E-state index is -0.416. The summed E-state index contributed by atoms with van der Waals surface area (Å²) in [6.45, 7) is 8.24. The summed E-state index contributed by atoms with van der Waals surface area (Å²) in [6.07, 6.45) is 0. The zero-order chi connectivity index (χ0) is 22.7. The maximum absolute atomic E-state index is 12.1. The van der Waals surface area contributed by atoms with Crippen LogP contribution in [0.3, 0.4) is 0 Å². The van der Waals surface area contributed by atoms with Gasteiger partial charge in [0.2, 0.25) is 0 Å². The molecule has 3 rings (SSSR count). The van der Waals surface area contributed by atoms with Crippen LogP contribution in [0.4, 0.5) is 0 Å². The molecule has 0 fully saturated rings. The number of aryl methyl sites for hydroxylation is 2. The van der Waals surface area contributed by atoms with Crippen LogP contribution < -0.4 is 4.74 Å². The van der Waals surface area contributed by atoms with E-state index in [4.69, 9.17) is 14.2 Å². The summed E-state index contributed by atoms with van der Waals surface area (Å²) in [5.41, 5.74) is 2.80. The molecular weight excluding hydrogens is 436 g/mol. The highest BCUT2D eigenvalue weighted by atomic mass is 32.1. The van der Waals surface area contributed by atoms with E-state index in [2.05, 4.69) is 23.8 Å². The van der Waals surface area contributed by atoms with Gasteiger partial charge < -0.3 is 14.2 Å². The van der Waals surface area contributed by atoms with E-state index in [-0.39, 0.29) is 0 Å². The van der Waals surface area contributed by atoms with Crippen molar-refractivity contribution >= 4 is 34.6 Å². The van der Waals surface area contributed by atoms with Crippen molar-refractivity contribution in [3.05, 3.63) is 39.3 Å². The first-order valence-electron chi connectivity index (χ1n) is 9.64. The molecule has 0 saturated carbocycles. The van der Waals surface area contributed by atoms with Crippen LogP contribution in [0.5, 0.6) is 5.75 Å². The molecule has 0 unspecified atom stereocenters. The lowest BCUT2D eigenvalue weighted by molar-refractivity contribution is 0.0596. The highest BCUT2D eigenvalue weighted by Crippen LogP contribution is 2.39. The summed E-state index contributed by atoms with van der Waals surface area (Å²) >= 11 is 2.53. The Morgan fingerprint density at radius 1 is 0.935 bits per heavy atom. The van der Waals surface area contributed by atoms with Crippen LogP contribution in [0.25, 0.3) is 21.1 Å². The zero-order valence-electron chi connectivity index (χ0n) is 18.3. The molecule has 31 heavy (non-hydrogen) atoms. The van der Waals surface area contributed by atoms with E-state index in [9.17, 15) is 9.59 Å². The third kappa shape index (κ3) is 4.94. The monoisotopic (exact) mass is 460 g/mol. The smallest absolute Gasteiger partial charge is 0.349 e. The van der Waals surface area contributed by atoms with E-state index in [1.54, 1.807) is 13.8 Å². The number of thiazole rings is 2. The average Bonchev–Trinajstić information content (AvgIpc) is 3.33. The van der Waals surface area contributed by atoms with E-state index >= 15 is 0 Å². The van der Waals surface area contributed by atoms with E-state index in [0.717, 1.165) is 11.1 Å². The summed E-state index contributed by atoms with van der Waals surface area (Å²) in [4.78, 5) is 34.1. The average molecular weight is 461 g/mol. The Morgan fingerprint density at radius 2 is 1.48 bits per heavy atom. The fourth-order valence-corrected chi connectivity index (χ4v) is 4.79. The Kier molecular flexibility index (Phi) is 7.07. The van der Waals surface area contributed by atoms with Crippen LogP contribution >= 0.6 is 22.7 Å². The van der Waals surface area contributed by atoms with Crippen LogP contribution in [0.1, 0.15) is 44.6 Å². The van der Waals surface area contributed by atoms with Gasteiger partial charge in [-0.15, -0.1) is 22.7 Å². The third-order valence-electron chi connectivity index (χ3n) is 4.36. The maximum Gasteiger partial charge on any atom is 0.349 e. The maximum atomic E-state index is 12.1. The highest BCUT2D eigenvalue weighted by molar-refractivity contribution is 7.17. The minimum Gasteiger partial charge on any atom is -0.493 e. The van der Waals surface area contributed by atoms with Crippen LogP contribution in [0.2, 0.25) is 0 Å². The molecule has 9 heteroatoms. The highest BCUT2D eigenvalue weighted by Gasteiger charge is 2.21. The molecule has 3 aromatic rings. The number of nitrogens with zero attached hydrogens (tertiary/aromatic N) is 2. The number of benzene rings is 1. The van der Waals surface area contributed by atoms with Crippen molar-refractivity contribution in [2.24, 2.45) is 5.92 Å². The minimum absolute atomic E-state index is 0.348. The van der Waals surface area contributed by atoms with Gasteiger partial charge in [0.1, 0.15) is 25.5 Å². The zero-order valence-corrected chi connectivity index (χ0v) is 19.9. The van der Waals surface area contributed by atoms with Gasteiger partial charge in [0.25, 0.3) is 0 Å². The lowest BCUT2D eigenvalue weighted by Gasteiger charge is -2.13. The van der Waals surface area contributed by atoms with Gasteiger partial charge in [0.05, 0.1) is 37.8 Å². The van der Waals surface area contributed by atoms with Gasteiger partial charge >= 0.3 is 11.9 Å². The summed E-state index contributed by atoms with van der Waals surface area (Å²) in [6, 6.07) is 5.70. The number of esters is 2. The molecular formula is C22H24N2O5S2. The van der Waals surface area contributed by atoms with Gasteiger partial charge in [-0.1, -0.05) is 13.8 Å². The second-order valence-corrected chi connectivity index (χ2v) is 9.26. The van der Waals surface area contributed by atoms with E-state index in [1.165, 1.54) is 36.9 Å². The van der Waals surface area contributed by atoms with Gasteiger partial charge in [-0.05, 0) is 38.0 Å². The Balaban J connectivity index is 2.10. The molecule has 7 nitrogen and oxygen atoms in total. The molecule has 1 aromatic carbocycles. The molecule has 0 spiro atoms. The van der Waals surface area contributed by atoms with Gasteiger partial charge in [-0.25, -0.2) is 19.6 Å². The summed E-state index contributed by atoms with van der Waals surface area (Å²) in [5.74, 6) is 0.196. The SMILES string of the molecule is COC(=O)c1sc(-c2ccc(OCC(C)C)c(-c3nc(C)c(C(=O)OC)s3)c2)nc1C. The Labute approximate surface area is 189 Å². The number of hydrogen-bond donors (Lipinski definition) is 0. The molecule has 2 aromatic heterocycles. The van der Waals surface area contributed by atoms with Crippen molar-refractivity contribution in [1.29, 1.82) is 0 Å². The normalized spacial score (nSPS) is 10.9. The molecule has 0 aliphatic heterocycles. The first-order chi connectivity index (χ1) is 14.7. The van der Waals surface area contributed by atoms with Crippen LogP contribution in [0.15, 0.2) is 18.2 Å². The topological polar surface area (TPSA) is 87.6 Å². The summed E-state index contributed by atoms with van der Waals surface area (Å²) < 4.78 is 15.7. The quantitative estimate of drug-likeness (QED) is 0.450. The van der Waals surface area contributed by atoms with Gasteiger partial charge in [0.15, 0.2) is 0 Å². The molecule has 0 saturated heterocycles. The van der Waals surface area contributed by atoms with Crippen molar-refractivity contribution < 1.29 is 23.8 Å². The third-order valence-corrected chi connectivity index (χ3v) is 6.72. The number of carbonyl (C=O) groups is 2. The van der Waals surface area contributed by atoms with E-state index < -0.39 is 11.9 Å². The summed E-state index contributed by atoms with van der Waals surface area (Å²) in [7, 11) is 2.70. The Morgan fingerprint density at radius 3 is 2.03 bits per heavy atom. The van der Waals surface area contributed by atoms with Gasteiger partial charge in [-0.3, -0.25) is 0 Å². The molecule has 0 amide bonds. The second kappa shape index (κ2) is 9.57. The first kappa shape index (κ1) is 22.9. The molecule has 0 atom stereocenters. The van der Waals surface area contributed by atoms with Gasteiger partial charge in [-0.2, -0.15) is 0 Å². The van der Waals surface area contributed by atoms with E-state index in [0.29, 0.717) is 49.4 Å². The Hall–Kier alpha value is -2.78. The molecule has 0 radical (unpaired) electrons. The lowest BCUT2D eigenvalue weighted by Crippen LogP contribution is -2.05. The van der Waals surface area contributed by atoms with Crippen molar-refractivity contribution in [2.45, 2.75) is 27.7 Å². The number of carbonyl (C=O) groups excluding carboxylic acids is 2. The largest absolute Gasteiger partial charge is 0.493 e. The number of aromatic nitrogens is 2. The fraction of sp³-hybridized carbons (Fsp3) is 0.364. The van der Waals surface area contributed by atoms with Crippen LogP contribution in [-0.2, 0) is 9.47 Å². The molecule has 0 bridgehead atoms. The molecule has 164 valence electrons. The van der Waals surface area contributed by atoms with Crippen LogP contribution in [-0.4, -0.2) is 42.7 Å². The van der Waals surface area contributed by atoms with Gasteiger partial charge in [0, 0.05) is 5.56 Å². The number of methoxy groups -OCH3 is 2. The van der Waals surface area contributed by atoms with Crippen molar-refractivity contribution in [3.63, 3.8) is 0 Å². The molecule has 0 aliphatic rings. The number of rotatable bonds is 7. The fourth-order valence-electron chi connectivity index (χ4n) is 2.81. The van der Waals surface area contributed by atoms with E-state index in [1.807, 2.05) is 18.2 Å². The number of hydrogen-bond acceptors (Lipinski definition) is 9. The molecule has 0 aliphatic carbocycles. The lowest BCUT2D eigenvalue weighted by atomic mass is 10.1. The molecule has 2 heterocycles. The van der Waals surface area contributed by atoms with Crippen molar-refractivity contribution in [3.8, 4) is 26.9 Å². The van der Waals surface area contributed by atoms with Crippen LogP contribution in [0, 0.1) is 19.8 Å².